The third-order valence-corrected chi connectivity index (χ3v) is 0. The van der Waals surface area contributed by atoms with Gasteiger partial charge >= 0.3 is 80.9 Å². The van der Waals surface area contributed by atoms with Crippen molar-refractivity contribution >= 4 is 11.4 Å². The minimum Gasteiger partial charge on any atom is -1.00 e. The average Bonchev–Trinajstić information content (AvgIpc) is 0.811. The van der Waals surface area contributed by atoms with E-state index in [9.17, 15) is 0 Å². The molecule has 0 radical (unpaired) electrons. The first-order valence-electron chi connectivity index (χ1n) is 0.532. The van der Waals surface area contributed by atoms with Crippen LogP contribution in [0.1, 0.15) is 2.85 Å². The molecule has 0 aromatic carbocycles. The van der Waals surface area contributed by atoms with E-state index in [1.807, 2.05) is 0 Å². The summed E-state index contributed by atoms with van der Waals surface area (Å²) in [5.41, 5.74) is 0. The van der Waals surface area contributed by atoms with Gasteiger partial charge in [-0.1, -0.05) is 0 Å². The molecule has 0 fully saturated rings. The van der Waals surface area contributed by atoms with E-state index < -0.39 is 11.4 Å². The van der Waals surface area contributed by atoms with Crippen molar-refractivity contribution in [3.8, 4) is 0 Å². The molecule has 2 N–H and O–H groups in total. The molecule has 0 aliphatic carbocycles. The van der Waals surface area contributed by atoms with Gasteiger partial charge < -0.3 is 2.85 Å². The topological polar surface area (TPSA) is 57.5 Å². The molecular formula is H4KNaO3S. The van der Waals surface area contributed by atoms with Crippen molar-refractivity contribution < 1.29 is 97.1 Å². The Morgan fingerprint density at radius 3 is 1.50 bits per heavy atom. The van der Waals surface area contributed by atoms with Gasteiger partial charge in [0.15, 0.2) is 0 Å². The van der Waals surface area contributed by atoms with Gasteiger partial charge in [-0.3, -0.25) is 9.11 Å². The second-order valence-corrected chi connectivity index (χ2v) is 0.692. The third-order valence-electron chi connectivity index (χ3n) is 0. The molecule has 30 valence electrons. The molecule has 0 atom stereocenters. The molecule has 3 nitrogen and oxygen atoms in total. The molecule has 0 amide bonds. The van der Waals surface area contributed by atoms with Gasteiger partial charge in [-0.2, -0.15) is 4.21 Å². The molecule has 0 rings (SSSR count). The van der Waals surface area contributed by atoms with Gasteiger partial charge in [-0.25, -0.2) is 0 Å². The molecule has 0 heterocycles. The summed E-state index contributed by atoms with van der Waals surface area (Å²) in [6, 6.07) is 0. The van der Waals surface area contributed by atoms with Crippen LogP contribution in [0.5, 0.6) is 0 Å². The molecule has 0 aliphatic heterocycles. The minimum absolute atomic E-state index is 0. The Morgan fingerprint density at radius 1 is 1.50 bits per heavy atom. The summed E-state index contributed by atoms with van der Waals surface area (Å²) in [4.78, 5) is 0. The number of rotatable bonds is 0. The van der Waals surface area contributed by atoms with Gasteiger partial charge in [-0.15, -0.1) is 0 Å². The fourth-order valence-electron chi connectivity index (χ4n) is 0. The second-order valence-electron chi connectivity index (χ2n) is 0.231. The zero-order chi connectivity index (χ0) is 3.58. The molecule has 0 unspecified atom stereocenters. The maximum Gasteiger partial charge on any atom is 1.00 e. The largest absolute Gasteiger partial charge is 1.00 e. The fourth-order valence-corrected chi connectivity index (χ4v) is 0. The van der Waals surface area contributed by atoms with Crippen molar-refractivity contribution in [1.29, 1.82) is 0 Å². The van der Waals surface area contributed by atoms with E-state index in [1.54, 1.807) is 0 Å². The van der Waals surface area contributed by atoms with Crippen LogP contribution in [0.25, 0.3) is 0 Å². The van der Waals surface area contributed by atoms with Crippen molar-refractivity contribution in [2.45, 2.75) is 0 Å². The van der Waals surface area contributed by atoms with Crippen molar-refractivity contribution in [3.05, 3.63) is 0 Å². The van der Waals surface area contributed by atoms with Gasteiger partial charge in [0.2, 0.25) is 0 Å². The summed E-state index contributed by atoms with van der Waals surface area (Å²) in [7, 11) is 0. The Balaban J connectivity index is -0.00000000750. The minimum atomic E-state index is -2.61. The predicted octanol–water partition coefficient (Wildman–Crippen LogP) is -6.09. The first kappa shape index (κ1) is 15.9. The molecule has 0 aromatic heterocycles. The summed E-state index contributed by atoms with van der Waals surface area (Å²) in [6.45, 7) is 0. The summed E-state index contributed by atoms with van der Waals surface area (Å²) < 4.78 is 22.8. The molecule has 0 saturated heterocycles. The Kier molecular flexibility index (Phi) is 28.2. The Hall–Kier alpha value is 2.71. The molecule has 6 heavy (non-hydrogen) atoms. The van der Waals surface area contributed by atoms with Crippen molar-refractivity contribution in [1.82, 2.24) is 0 Å². The normalized spacial score (nSPS) is 5.83. The standard InChI is InChI=1S/K.Na.H2O3S.2H/c;;1-4(2)3;;/h;;(H2,1,2,3);;/q2*+1;;2*-1. The van der Waals surface area contributed by atoms with Gasteiger partial charge in [0.05, 0.1) is 0 Å². The van der Waals surface area contributed by atoms with E-state index in [0.717, 1.165) is 0 Å². The quantitative estimate of drug-likeness (QED) is 0.264. The Labute approximate surface area is 106 Å². The van der Waals surface area contributed by atoms with Crippen LogP contribution in [0.15, 0.2) is 0 Å². The van der Waals surface area contributed by atoms with E-state index in [4.69, 9.17) is 13.3 Å². The smallest absolute Gasteiger partial charge is 1.00 e. The zero-order valence-electron chi connectivity index (χ0n) is 5.71. The first-order valence-corrected chi connectivity index (χ1v) is 1.60. The van der Waals surface area contributed by atoms with Gasteiger partial charge in [-0.05, 0) is 0 Å². The van der Waals surface area contributed by atoms with E-state index in [1.165, 1.54) is 0 Å². The molecule has 6 heteroatoms. The number of hydrogen-bond donors (Lipinski definition) is 2. The molecular weight excluding hydrogens is 142 g/mol. The maximum atomic E-state index is 8.67. The summed E-state index contributed by atoms with van der Waals surface area (Å²) in [5.74, 6) is 0. The summed E-state index contributed by atoms with van der Waals surface area (Å²) in [6.07, 6.45) is 0. The molecule has 0 spiro atoms. The number of hydrogen-bond acceptors (Lipinski definition) is 1. The van der Waals surface area contributed by atoms with Crippen LogP contribution in [0, 0.1) is 0 Å². The van der Waals surface area contributed by atoms with Crippen LogP contribution >= 0.6 is 0 Å². The van der Waals surface area contributed by atoms with Crippen molar-refractivity contribution in [2.75, 3.05) is 0 Å². The SMILES string of the molecule is O=S(O)O.[H-].[H-].[K+].[Na+]. The molecule has 0 saturated carbocycles. The predicted molar refractivity (Wildman–Crippen MR) is 15.6 cm³/mol. The van der Waals surface area contributed by atoms with Crippen molar-refractivity contribution in [2.24, 2.45) is 0 Å². The van der Waals surface area contributed by atoms with Gasteiger partial charge in [0.1, 0.15) is 0 Å². The first-order chi connectivity index (χ1) is 1.73. The van der Waals surface area contributed by atoms with Crippen LogP contribution in [0.3, 0.4) is 0 Å². The molecule has 0 bridgehead atoms. The van der Waals surface area contributed by atoms with E-state index in [0.29, 0.717) is 0 Å². The van der Waals surface area contributed by atoms with Crippen LogP contribution in [0.2, 0.25) is 0 Å². The molecule has 0 aliphatic rings. The van der Waals surface area contributed by atoms with Crippen LogP contribution < -0.4 is 80.9 Å². The zero-order valence-corrected chi connectivity index (χ0v) is 9.65. The molecule has 0 aromatic rings. The van der Waals surface area contributed by atoms with Crippen LogP contribution in [-0.4, -0.2) is 13.3 Å². The maximum absolute atomic E-state index is 8.67. The summed E-state index contributed by atoms with van der Waals surface area (Å²) >= 11 is -2.61. The van der Waals surface area contributed by atoms with Crippen molar-refractivity contribution in [3.63, 3.8) is 0 Å². The summed E-state index contributed by atoms with van der Waals surface area (Å²) in [5, 5.41) is 0. The van der Waals surface area contributed by atoms with E-state index in [-0.39, 0.29) is 83.8 Å². The van der Waals surface area contributed by atoms with E-state index >= 15 is 0 Å². The third kappa shape index (κ3) is 29.8. The van der Waals surface area contributed by atoms with Crippen LogP contribution in [-0.2, 0) is 11.4 Å². The van der Waals surface area contributed by atoms with Crippen LogP contribution in [0.4, 0.5) is 0 Å². The monoisotopic (exact) mass is 146 g/mol. The Morgan fingerprint density at radius 2 is 1.50 bits per heavy atom. The van der Waals surface area contributed by atoms with E-state index in [2.05, 4.69) is 0 Å². The second kappa shape index (κ2) is 10.6. The van der Waals surface area contributed by atoms with Gasteiger partial charge in [0.25, 0.3) is 11.4 Å². The average molecular weight is 146 g/mol. The Bertz CT molecular complexity index is 40.3. The van der Waals surface area contributed by atoms with Gasteiger partial charge in [0, 0.05) is 0 Å². The fraction of sp³-hybridized carbons (Fsp3) is 0.